The first-order chi connectivity index (χ1) is 14.9. The van der Waals surface area contributed by atoms with Gasteiger partial charge >= 0.3 is 0 Å². The van der Waals surface area contributed by atoms with Gasteiger partial charge in [0.05, 0.1) is 6.04 Å². The predicted octanol–water partition coefficient (Wildman–Crippen LogP) is 3.36. The number of sulfonamides is 1. The summed E-state index contributed by atoms with van der Waals surface area (Å²) in [5, 5.41) is 3.32. The number of nitrogens with one attached hydrogen (secondary N) is 1. The summed E-state index contributed by atoms with van der Waals surface area (Å²) in [6, 6.07) is 17.2. The molecule has 31 heavy (non-hydrogen) atoms. The van der Waals surface area contributed by atoms with Crippen molar-refractivity contribution in [2.45, 2.75) is 37.1 Å². The number of rotatable bonds is 4. The predicted molar refractivity (Wildman–Crippen MR) is 119 cm³/mol. The van der Waals surface area contributed by atoms with Gasteiger partial charge in [-0.1, -0.05) is 49.4 Å². The molecule has 1 saturated heterocycles. The van der Waals surface area contributed by atoms with Crippen LogP contribution < -0.4 is 5.32 Å². The van der Waals surface area contributed by atoms with Crippen LogP contribution in [0.5, 0.6) is 0 Å². The molecule has 5 rings (SSSR count). The van der Waals surface area contributed by atoms with Crippen LogP contribution in [0, 0.1) is 17.8 Å². The Morgan fingerprint density at radius 2 is 1.71 bits per heavy atom. The van der Waals surface area contributed by atoms with Gasteiger partial charge in [0.1, 0.15) is 4.90 Å². The zero-order valence-electron chi connectivity index (χ0n) is 17.6. The number of hydrogen-bond acceptors (Lipinski definition) is 4. The third-order valence-corrected chi connectivity index (χ3v) is 8.16. The number of benzene rings is 2. The third-order valence-electron chi connectivity index (χ3n) is 6.83. The van der Waals surface area contributed by atoms with E-state index in [0.29, 0.717) is 49.2 Å². The van der Waals surface area contributed by atoms with E-state index in [1.807, 2.05) is 29.2 Å². The van der Waals surface area contributed by atoms with Crippen molar-refractivity contribution >= 4 is 21.8 Å². The molecule has 7 heteroatoms. The first kappa shape index (κ1) is 20.2. The molecule has 2 aromatic rings. The van der Waals surface area contributed by atoms with Crippen molar-refractivity contribution in [2.75, 3.05) is 13.1 Å². The summed E-state index contributed by atoms with van der Waals surface area (Å²) in [6.07, 6.45) is 2.52. The number of nitrogens with zero attached hydrogens (tertiary/aromatic N) is 2. The minimum Gasteiger partial charge on any atom is -0.355 e. The highest BCUT2D eigenvalue weighted by molar-refractivity contribution is 7.90. The Hall–Kier alpha value is -2.67. The highest BCUT2D eigenvalue weighted by Crippen LogP contribution is 2.47. The fraction of sp³-hybridized carbons (Fsp3) is 0.417. The zero-order valence-corrected chi connectivity index (χ0v) is 18.4. The minimum absolute atomic E-state index is 0.0645. The molecular weight excluding hydrogens is 410 g/mol. The molecule has 0 bridgehead atoms. The topological polar surface area (TPSA) is 78.8 Å². The second-order valence-corrected chi connectivity index (χ2v) is 10.5. The summed E-state index contributed by atoms with van der Waals surface area (Å²) in [5.41, 5.74) is 1.84. The number of amidine groups is 1. The molecular formula is C24H27N3O3S. The highest BCUT2D eigenvalue weighted by Gasteiger charge is 2.42. The number of piperidine rings is 1. The van der Waals surface area contributed by atoms with E-state index in [1.54, 1.807) is 18.2 Å². The van der Waals surface area contributed by atoms with E-state index in [-0.39, 0.29) is 22.8 Å². The summed E-state index contributed by atoms with van der Waals surface area (Å²) in [6.45, 7) is 3.48. The second-order valence-electron chi connectivity index (χ2n) is 8.92. The van der Waals surface area contributed by atoms with Crippen LogP contribution in [0.3, 0.4) is 0 Å². The monoisotopic (exact) mass is 437 g/mol. The van der Waals surface area contributed by atoms with Gasteiger partial charge in [0.15, 0.2) is 5.84 Å². The molecule has 1 aliphatic carbocycles. The number of fused-ring (bicyclic) bond motifs is 1. The van der Waals surface area contributed by atoms with Gasteiger partial charge in [-0.2, -0.15) is 8.42 Å². The molecule has 2 fully saturated rings. The SMILES string of the molecule is CC1CC1C(NC(=O)C1CCN(C2=NS(=O)(=O)c3ccccc32)CC1)c1ccccc1. The molecule has 1 amide bonds. The van der Waals surface area contributed by atoms with Crippen molar-refractivity contribution in [2.24, 2.45) is 22.2 Å². The van der Waals surface area contributed by atoms with E-state index >= 15 is 0 Å². The summed E-state index contributed by atoms with van der Waals surface area (Å²) in [5.74, 6) is 1.69. The van der Waals surface area contributed by atoms with Crippen LogP contribution in [0.2, 0.25) is 0 Å². The summed E-state index contributed by atoms with van der Waals surface area (Å²) >= 11 is 0. The Morgan fingerprint density at radius 1 is 1.06 bits per heavy atom. The summed E-state index contributed by atoms with van der Waals surface area (Å²) in [7, 11) is -3.62. The molecule has 2 aliphatic heterocycles. The largest absolute Gasteiger partial charge is 0.355 e. The van der Waals surface area contributed by atoms with Crippen LogP contribution in [0.1, 0.15) is 43.4 Å². The lowest BCUT2D eigenvalue weighted by atomic mass is 9.93. The number of likely N-dealkylation sites (tertiary alicyclic amines) is 1. The molecule has 2 heterocycles. The molecule has 6 nitrogen and oxygen atoms in total. The smallest absolute Gasteiger partial charge is 0.285 e. The van der Waals surface area contributed by atoms with Crippen molar-refractivity contribution in [3.63, 3.8) is 0 Å². The van der Waals surface area contributed by atoms with Crippen LogP contribution in [0.15, 0.2) is 63.9 Å². The molecule has 1 saturated carbocycles. The Bertz CT molecular complexity index is 1120. The van der Waals surface area contributed by atoms with Crippen LogP contribution in [-0.4, -0.2) is 38.2 Å². The molecule has 0 aromatic heterocycles. The lowest BCUT2D eigenvalue weighted by molar-refractivity contribution is -0.127. The minimum atomic E-state index is -3.62. The van der Waals surface area contributed by atoms with Crippen molar-refractivity contribution < 1.29 is 13.2 Å². The van der Waals surface area contributed by atoms with Gasteiger partial charge in [-0.05, 0) is 48.8 Å². The lowest BCUT2D eigenvalue weighted by Crippen LogP contribution is -2.44. The van der Waals surface area contributed by atoms with Crippen LogP contribution in [0.25, 0.3) is 0 Å². The molecule has 3 unspecified atom stereocenters. The van der Waals surface area contributed by atoms with Gasteiger partial charge in [0.25, 0.3) is 10.0 Å². The van der Waals surface area contributed by atoms with E-state index < -0.39 is 10.0 Å². The molecule has 2 aromatic carbocycles. The van der Waals surface area contributed by atoms with Crippen LogP contribution in [-0.2, 0) is 14.8 Å². The molecule has 0 radical (unpaired) electrons. The molecule has 1 N–H and O–H groups in total. The number of hydrogen-bond donors (Lipinski definition) is 1. The average Bonchev–Trinajstić information content (AvgIpc) is 3.45. The van der Waals surface area contributed by atoms with Gasteiger partial charge in [0.2, 0.25) is 5.91 Å². The number of carbonyl (C=O) groups is 1. The Labute approximate surface area is 183 Å². The Balaban J connectivity index is 1.25. The van der Waals surface area contributed by atoms with E-state index in [9.17, 15) is 13.2 Å². The summed E-state index contributed by atoms with van der Waals surface area (Å²) in [4.78, 5) is 15.4. The fourth-order valence-corrected chi connectivity index (χ4v) is 6.08. The van der Waals surface area contributed by atoms with E-state index in [2.05, 4.69) is 28.8 Å². The van der Waals surface area contributed by atoms with E-state index in [0.717, 1.165) is 6.42 Å². The fourth-order valence-electron chi connectivity index (χ4n) is 4.85. The van der Waals surface area contributed by atoms with Crippen LogP contribution in [0.4, 0.5) is 0 Å². The third kappa shape index (κ3) is 3.87. The van der Waals surface area contributed by atoms with Crippen LogP contribution >= 0.6 is 0 Å². The van der Waals surface area contributed by atoms with Crippen molar-refractivity contribution in [1.29, 1.82) is 0 Å². The molecule has 162 valence electrons. The normalized spacial score (nSPS) is 25.5. The first-order valence-electron chi connectivity index (χ1n) is 11.0. The Morgan fingerprint density at radius 3 is 2.39 bits per heavy atom. The second kappa shape index (κ2) is 7.79. The standard InChI is InChI=1S/C24H27N3O3S/c1-16-15-20(16)22(17-7-3-2-4-8-17)25-24(28)18-11-13-27(14-12-18)23-19-9-5-6-10-21(19)31(29,30)26-23/h2-10,16,18,20,22H,11-15H2,1H3,(H,25,28). The van der Waals surface area contributed by atoms with Crippen molar-refractivity contribution in [3.8, 4) is 0 Å². The quantitative estimate of drug-likeness (QED) is 0.796. The molecule has 3 atom stereocenters. The number of carbonyl (C=O) groups excluding carboxylic acids is 1. The van der Waals surface area contributed by atoms with Crippen molar-refractivity contribution in [1.82, 2.24) is 10.2 Å². The van der Waals surface area contributed by atoms with Gasteiger partial charge in [-0.25, -0.2) is 0 Å². The van der Waals surface area contributed by atoms with E-state index in [4.69, 9.17) is 0 Å². The molecule has 3 aliphatic rings. The van der Waals surface area contributed by atoms with E-state index in [1.165, 1.54) is 5.56 Å². The summed E-state index contributed by atoms with van der Waals surface area (Å²) < 4.78 is 28.7. The molecule has 0 spiro atoms. The number of amides is 1. The maximum atomic E-state index is 13.1. The highest BCUT2D eigenvalue weighted by atomic mass is 32.2. The maximum Gasteiger partial charge on any atom is 0.285 e. The van der Waals surface area contributed by atoms with Crippen molar-refractivity contribution in [3.05, 3.63) is 65.7 Å². The Kier molecular flexibility index (Phi) is 5.08. The van der Waals surface area contributed by atoms with Gasteiger partial charge in [0, 0.05) is 24.6 Å². The first-order valence-corrected chi connectivity index (χ1v) is 12.4. The zero-order chi connectivity index (χ0) is 21.6. The van der Waals surface area contributed by atoms with Gasteiger partial charge in [-0.15, -0.1) is 4.40 Å². The maximum absolute atomic E-state index is 13.1. The van der Waals surface area contributed by atoms with Gasteiger partial charge < -0.3 is 10.2 Å². The lowest BCUT2D eigenvalue weighted by Gasteiger charge is -2.33. The van der Waals surface area contributed by atoms with Gasteiger partial charge in [-0.3, -0.25) is 4.79 Å². The average molecular weight is 438 g/mol.